The number of hydrogen-bond acceptors (Lipinski definition) is 2. The molecule has 0 saturated carbocycles. The van der Waals surface area contributed by atoms with Crippen molar-refractivity contribution in [2.45, 2.75) is 105 Å². The molecule has 0 unspecified atom stereocenters. The minimum Gasteiger partial charge on any atom is -0.310 e. The van der Waals surface area contributed by atoms with Crippen LogP contribution in [0.15, 0.2) is 231 Å². The van der Waals surface area contributed by atoms with E-state index in [1.807, 2.05) is 0 Å². The summed E-state index contributed by atoms with van der Waals surface area (Å²) in [5.74, 6) is 0. The monoisotopic (exact) mass is 1090 g/mol. The van der Waals surface area contributed by atoms with Crippen molar-refractivity contribution in [1.29, 1.82) is 0 Å². The maximum atomic E-state index is 2.63. The van der Waals surface area contributed by atoms with Crippen LogP contribution in [-0.2, 0) is 21.7 Å². The predicted octanol–water partition coefficient (Wildman–Crippen LogP) is 22.9. The molecule has 2 heterocycles. The highest BCUT2D eigenvalue weighted by atomic mass is 15.2. The lowest BCUT2D eigenvalue weighted by atomic mass is 9.80. The molecule has 0 N–H and O–H groups in total. The number of para-hydroxylation sites is 4. The van der Waals surface area contributed by atoms with Crippen LogP contribution in [0, 0.1) is 0 Å². The molecule has 0 atom stereocenters. The topological polar surface area (TPSA) is 16.3 Å². The van der Waals surface area contributed by atoms with E-state index in [2.05, 4.69) is 333 Å². The third-order valence-electron chi connectivity index (χ3n) is 17.8. The molecule has 0 aliphatic rings. The van der Waals surface area contributed by atoms with Gasteiger partial charge in [0.15, 0.2) is 0 Å². The average Bonchev–Trinajstić information content (AvgIpc) is 1.53. The molecule has 0 spiro atoms. The van der Waals surface area contributed by atoms with Gasteiger partial charge in [-0.3, -0.25) is 0 Å². The van der Waals surface area contributed by atoms with Gasteiger partial charge in [-0.1, -0.05) is 217 Å². The zero-order chi connectivity index (χ0) is 58.2. The van der Waals surface area contributed by atoms with Crippen molar-refractivity contribution in [2.24, 2.45) is 0 Å². The number of hydrogen-bond donors (Lipinski definition) is 0. The van der Waals surface area contributed by atoms with E-state index in [1.165, 1.54) is 98.5 Å². The lowest BCUT2D eigenvalue weighted by Gasteiger charge is -2.30. The number of benzene rings is 12. The number of fused-ring (bicyclic) bond motifs is 6. The smallest absolute Gasteiger partial charge is 0.0562 e. The highest BCUT2D eigenvalue weighted by molar-refractivity contribution is 6.29. The summed E-state index contributed by atoms with van der Waals surface area (Å²) in [5, 5.41) is 12.1. The highest BCUT2D eigenvalue weighted by Gasteiger charge is 2.30. The second-order valence-corrected chi connectivity index (χ2v) is 27.5. The molecular formula is C80H74N4. The highest BCUT2D eigenvalue weighted by Crippen LogP contribution is 2.52. The molecule has 12 aromatic carbocycles. The minimum absolute atomic E-state index is 0.0614. The molecule has 0 fully saturated rings. The molecule has 14 rings (SSSR count). The Morgan fingerprint density at radius 2 is 0.583 bits per heavy atom. The lowest BCUT2D eigenvalue weighted by Crippen LogP contribution is -2.17. The molecule has 0 bridgehead atoms. The SMILES string of the molecule is CC(C)(C)c1cc(-n2c3ccccc3c3c(N(c4ccc5ccc6c(N(c7ccccc7)c7ccccc7)ccc7ccc4c5c76)c4cccc5c4c4ccccc4n5-c4cc(C(C)(C)C)cc(C(C)(C)C)c4)cccc32)cc(C(C)(C)C)c1. The van der Waals surface area contributed by atoms with Gasteiger partial charge >= 0.3 is 0 Å². The van der Waals surface area contributed by atoms with Gasteiger partial charge in [-0.2, -0.15) is 0 Å². The molecule has 0 aliphatic carbocycles. The Bertz CT molecular complexity index is 4570. The van der Waals surface area contributed by atoms with E-state index in [-0.39, 0.29) is 21.7 Å². The Labute approximate surface area is 495 Å². The molecule has 14 aromatic rings. The zero-order valence-electron chi connectivity index (χ0n) is 50.7. The fraction of sp³-hybridized carbons (Fsp3) is 0.200. The summed E-state index contributed by atoms with van der Waals surface area (Å²) in [6, 6.07) is 87.2. The summed E-state index contributed by atoms with van der Waals surface area (Å²) in [7, 11) is 0. The van der Waals surface area contributed by atoms with Gasteiger partial charge in [0.25, 0.3) is 0 Å². The first-order valence-corrected chi connectivity index (χ1v) is 30.0. The molecule has 0 amide bonds. The second-order valence-electron chi connectivity index (χ2n) is 27.5. The molecular weight excluding hydrogens is 1020 g/mol. The van der Waals surface area contributed by atoms with E-state index in [0.717, 1.165) is 45.2 Å². The number of nitrogens with zero attached hydrogens (tertiary/aromatic N) is 4. The van der Waals surface area contributed by atoms with Crippen LogP contribution in [0.1, 0.15) is 105 Å². The van der Waals surface area contributed by atoms with E-state index >= 15 is 0 Å². The van der Waals surface area contributed by atoms with Crippen molar-refractivity contribution in [2.75, 3.05) is 9.80 Å². The molecule has 2 aromatic heterocycles. The van der Waals surface area contributed by atoms with Crippen LogP contribution in [0.3, 0.4) is 0 Å². The predicted molar refractivity (Wildman–Crippen MR) is 363 cm³/mol. The van der Waals surface area contributed by atoms with Crippen LogP contribution < -0.4 is 9.80 Å². The Morgan fingerprint density at radius 1 is 0.250 bits per heavy atom. The first kappa shape index (κ1) is 52.9. The zero-order valence-corrected chi connectivity index (χ0v) is 50.7. The summed E-state index contributed by atoms with van der Waals surface area (Å²) in [6.45, 7) is 28.0. The third-order valence-corrected chi connectivity index (χ3v) is 17.8. The van der Waals surface area contributed by atoms with Crippen molar-refractivity contribution in [3.63, 3.8) is 0 Å². The van der Waals surface area contributed by atoms with Gasteiger partial charge in [0.05, 0.1) is 44.8 Å². The summed E-state index contributed by atoms with van der Waals surface area (Å²) in [6.07, 6.45) is 0. The molecule has 4 heteroatoms. The van der Waals surface area contributed by atoms with Crippen molar-refractivity contribution < 1.29 is 0 Å². The van der Waals surface area contributed by atoms with Gasteiger partial charge in [0.2, 0.25) is 0 Å². The normalized spacial score (nSPS) is 12.8. The summed E-state index contributed by atoms with van der Waals surface area (Å²) in [4.78, 5) is 5.04. The quantitative estimate of drug-likeness (QED) is 0.141. The van der Waals surface area contributed by atoms with Crippen LogP contribution in [0.4, 0.5) is 34.1 Å². The fourth-order valence-corrected chi connectivity index (χ4v) is 13.3. The van der Waals surface area contributed by atoms with E-state index in [1.54, 1.807) is 0 Å². The molecule has 0 aliphatic heterocycles. The van der Waals surface area contributed by atoms with Gasteiger partial charge in [0.1, 0.15) is 0 Å². The summed E-state index contributed by atoms with van der Waals surface area (Å²) < 4.78 is 5.07. The van der Waals surface area contributed by atoms with E-state index in [0.29, 0.717) is 0 Å². The molecule has 0 saturated heterocycles. The second kappa shape index (κ2) is 19.2. The summed E-state index contributed by atoms with van der Waals surface area (Å²) >= 11 is 0. The Hall–Kier alpha value is -9.12. The minimum atomic E-state index is -0.0614. The fourth-order valence-electron chi connectivity index (χ4n) is 13.3. The molecule has 0 radical (unpaired) electrons. The first-order chi connectivity index (χ1) is 40.2. The van der Waals surface area contributed by atoms with E-state index < -0.39 is 0 Å². The Morgan fingerprint density at radius 3 is 0.964 bits per heavy atom. The Kier molecular flexibility index (Phi) is 12.1. The summed E-state index contributed by atoms with van der Waals surface area (Å²) in [5.41, 5.74) is 18.8. The van der Waals surface area contributed by atoms with Crippen LogP contribution in [0.2, 0.25) is 0 Å². The van der Waals surface area contributed by atoms with Gasteiger partial charge in [-0.25, -0.2) is 0 Å². The maximum absolute atomic E-state index is 2.63. The van der Waals surface area contributed by atoms with Crippen molar-refractivity contribution in [3.8, 4) is 11.4 Å². The first-order valence-electron chi connectivity index (χ1n) is 30.0. The van der Waals surface area contributed by atoms with Gasteiger partial charge in [0, 0.05) is 55.1 Å². The number of rotatable bonds is 8. The Balaban J connectivity index is 1.11. The molecule has 84 heavy (non-hydrogen) atoms. The number of aromatic nitrogens is 2. The maximum Gasteiger partial charge on any atom is 0.0562 e. The van der Waals surface area contributed by atoms with Crippen LogP contribution in [0.25, 0.3) is 87.3 Å². The van der Waals surface area contributed by atoms with Crippen molar-refractivity contribution in [1.82, 2.24) is 9.13 Å². The van der Waals surface area contributed by atoms with Crippen molar-refractivity contribution >= 4 is 110 Å². The van der Waals surface area contributed by atoms with Crippen molar-refractivity contribution in [3.05, 3.63) is 253 Å². The third kappa shape index (κ3) is 8.63. The van der Waals surface area contributed by atoms with Crippen LogP contribution >= 0.6 is 0 Å². The van der Waals surface area contributed by atoms with Crippen LogP contribution in [0.5, 0.6) is 0 Å². The number of anilines is 6. The molecule has 4 nitrogen and oxygen atoms in total. The standard InChI is InChI=1S/C80H74N4/c1-77(2,3)53-45-54(78(4,5)6)48-59(47-53)82-65-31-21-19-29-61(65)75-69(82)33-23-35-71(75)84(72-36-24-34-70-76(72)62-30-20-22-32-66(62)83(70)60-49-55(79(7,8)9)46-56(50-60)80(10,11)12)68-44-40-52-37-41-63-67(43-39-51-38-42-64(68)74(52)73(51)63)81(57-25-15-13-16-26-57)58-27-17-14-18-28-58/h13-50H,1-12H3. The van der Waals surface area contributed by atoms with Gasteiger partial charge < -0.3 is 18.9 Å². The van der Waals surface area contributed by atoms with Gasteiger partial charge in [-0.05, 0) is 163 Å². The van der Waals surface area contributed by atoms with E-state index in [4.69, 9.17) is 0 Å². The molecule has 414 valence electrons. The average molecular weight is 1090 g/mol. The largest absolute Gasteiger partial charge is 0.310 e. The van der Waals surface area contributed by atoms with E-state index in [9.17, 15) is 0 Å². The van der Waals surface area contributed by atoms with Gasteiger partial charge in [-0.15, -0.1) is 0 Å². The lowest BCUT2D eigenvalue weighted by molar-refractivity contribution is 0.567. The van der Waals surface area contributed by atoms with Crippen LogP contribution in [-0.4, -0.2) is 9.13 Å².